The third-order valence-corrected chi connectivity index (χ3v) is 2.59. The van der Waals surface area contributed by atoms with Gasteiger partial charge >= 0.3 is 0 Å². The number of rotatable bonds is 8. The van der Waals surface area contributed by atoms with Gasteiger partial charge in [-0.1, -0.05) is 18.5 Å². The van der Waals surface area contributed by atoms with Gasteiger partial charge in [0.25, 0.3) is 0 Å². The minimum absolute atomic E-state index is 0.122. The van der Waals surface area contributed by atoms with E-state index in [9.17, 15) is 9.59 Å². The largest absolute Gasteiger partial charge is 0.395 e. The van der Waals surface area contributed by atoms with Crippen LogP contribution in [-0.4, -0.2) is 30.0 Å². The number of unbranched alkanes of at least 4 members (excludes halogenated alkanes) is 1. The molecule has 0 aliphatic rings. The van der Waals surface area contributed by atoms with Gasteiger partial charge in [0.05, 0.1) is 0 Å². The Bertz CT molecular complexity index is 403. The molecule has 0 bridgehead atoms. The molecule has 0 fully saturated rings. The summed E-state index contributed by atoms with van der Waals surface area (Å²) in [5, 5.41) is 8.14. The molecular formula is C10H13N3O3S. The predicted octanol–water partition coefficient (Wildman–Crippen LogP) is 1.43. The number of nitrogens with one attached hydrogen (secondary N) is 1. The summed E-state index contributed by atoms with van der Waals surface area (Å²) >= 11 is 1.21. The van der Waals surface area contributed by atoms with Gasteiger partial charge in [-0.15, -0.1) is 11.3 Å². The molecule has 17 heavy (non-hydrogen) atoms. The third-order valence-electron chi connectivity index (χ3n) is 1.81. The zero-order valence-electron chi connectivity index (χ0n) is 9.38. The van der Waals surface area contributed by atoms with Gasteiger partial charge in [0.1, 0.15) is 12.3 Å². The van der Waals surface area contributed by atoms with Crippen molar-refractivity contribution in [3.8, 4) is 0 Å². The van der Waals surface area contributed by atoms with Gasteiger partial charge < -0.3 is 10.2 Å². The highest BCUT2D eigenvalue weighted by Gasteiger charge is 2.08. The molecule has 1 amide bonds. The Labute approximate surface area is 103 Å². The lowest BCUT2D eigenvalue weighted by Gasteiger charge is -1.97. The number of carbonyl (C=O) groups is 2. The number of thiazole rings is 1. The number of anilines is 1. The van der Waals surface area contributed by atoms with Crippen LogP contribution in [0.5, 0.6) is 0 Å². The third kappa shape index (κ3) is 4.31. The molecule has 1 aromatic rings. The summed E-state index contributed by atoms with van der Waals surface area (Å²) in [6.07, 6.45) is 2.98. The highest BCUT2D eigenvalue weighted by molar-refractivity contribution is 7.14. The van der Waals surface area contributed by atoms with Gasteiger partial charge in [-0.3, -0.25) is 9.59 Å². The van der Waals surface area contributed by atoms with Crippen LogP contribution >= 0.6 is 11.3 Å². The molecule has 0 saturated heterocycles. The van der Waals surface area contributed by atoms with E-state index >= 15 is 0 Å². The lowest BCUT2D eigenvalue weighted by atomic mass is 10.3. The Hall–Kier alpha value is -1.76. The number of amides is 1. The first-order chi connectivity index (χ1) is 8.31. The average molecular weight is 255 g/mol. The van der Waals surface area contributed by atoms with Gasteiger partial charge in [-0.05, 0) is 6.42 Å². The van der Waals surface area contributed by atoms with E-state index in [2.05, 4.69) is 15.5 Å². The lowest BCUT2D eigenvalue weighted by molar-refractivity contribution is -0.105. The van der Waals surface area contributed by atoms with Crippen molar-refractivity contribution in [1.82, 2.24) is 4.98 Å². The highest BCUT2D eigenvalue weighted by atomic mass is 32.1. The molecule has 7 heteroatoms. The van der Waals surface area contributed by atoms with E-state index in [1.165, 1.54) is 11.3 Å². The smallest absolute Gasteiger partial charge is 0.213 e. The zero-order valence-corrected chi connectivity index (χ0v) is 10.2. The first-order valence-electron chi connectivity index (χ1n) is 5.13. The molecule has 0 radical (unpaired) electrons. The molecule has 0 unspecified atom stereocenters. The van der Waals surface area contributed by atoms with Crippen LogP contribution in [-0.2, 0) is 14.4 Å². The quantitative estimate of drug-likeness (QED) is 0.330. The molecule has 92 valence electrons. The molecule has 1 heterocycles. The summed E-state index contributed by atoms with van der Waals surface area (Å²) in [5.74, 6) is 0. The SMILES string of the molecule is CCCCO/N=C(/C=O)c1csc(NC=O)n1. The zero-order chi connectivity index (χ0) is 12.5. The van der Waals surface area contributed by atoms with Gasteiger partial charge in [0.2, 0.25) is 6.41 Å². The Morgan fingerprint density at radius 1 is 1.65 bits per heavy atom. The predicted molar refractivity (Wildman–Crippen MR) is 65.3 cm³/mol. The van der Waals surface area contributed by atoms with E-state index in [1.807, 2.05) is 6.92 Å². The summed E-state index contributed by atoms with van der Waals surface area (Å²) in [6.45, 7) is 2.50. The summed E-state index contributed by atoms with van der Waals surface area (Å²) in [4.78, 5) is 30.0. The fraction of sp³-hybridized carbons (Fsp3) is 0.400. The number of nitrogens with zero attached hydrogens (tertiary/aromatic N) is 2. The van der Waals surface area contributed by atoms with Crippen LogP contribution < -0.4 is 5.32 Å². The Morgan fingerprint density at radius 2 is 2.47 bits per heavy atom. The maximum atomic E-state index is 10.8. The molecule has 1 rings (SSSR count). The second-order valence-corrected chi connectivity index (χ2v) is 3.94. The number of carbonyl (C=O) groups excluding carboxylic acids is 2. The van der Waals surface area contributed by atoms with Crippen LogP contribution in [0.4, 0.5) is 5.13 Å². The van der Waals surface area contributed by atoms with Crippen molar-refractivity contribution in [3.05, 3.63) is 11.1 Å². The van der Waals surface area contributed by atoms with Crippen LogP contribution in [0.25, 0.3) is 0 Å². The fourth-order valence-electron chi connectivity index (χ4n) is 0.961. The number of hydrogen-bond acceptors (Lipinski definition) is 6. The standard InChI is InChI=1S/C10H13N3O3S/c1-2-3-4-16-13-8(5-14)9-6-17-10(12-9)11-7-15/h5-7H,2-4H2,1H3,(H,11,12,15)/b13-8-. The molecule has 6 nitrogen and oxygen atoms in total. The number of hydrogen-bond donors (Lipinski definition) is 1. The van der Waals surface area contributed by atoms with Gasteiger partial charge in [-0.25, -0.2) is 4.98 Å². The van der Waals surface area contributed by atoms with Gasteiger partial charge in [-0.2, -0.15) is 0 Å². The molecule has 0 aromatic carbocycles. The molecule has 0 atom stereocenters. The van der Waals surface area contributed by atoms with E-state index in [4.69, 9.17) is 4.84 Å². The van der Waals surface area contributed by atoms with E-state index in [1.54, 1.807) is 5.38 Å². The minimum Gasteiger partial charge on any atom is -0.395 e. The maximum absolute atomic E-state index is 10.8. The molecule has 0 spiro atoms. The molecule has 0 aliphatic heterocycles. The first kappa shape index (κ1) is 13.3. The fourth-order valence-corrected chi connectivity index (χ4v) is 1.62. The van der Waals surface area contributed by atoms with E-state index in [0.717, 1.165) is 12.8 Å². The normalized spacial score (nSPS) is 11.0. The first-order valence-corrected chi connectivity index (χ1v) is 6.01. The van der Waals surface area contributed by atoms with Crippen molar-refractivity contribution >= 4 is 34.9 Å². The van der Waals surface area contributed by atoms with Crippen molar-refractivity contribution in [2.75, 3.05) is 11.9 Å². The maximum Gasteiger partial charge on any atom is 0.213 e. The van der Waals surface area contributed by atoms with Crippen molar-refractivity contribution in [1.29, 1.82) is 0 Å². The Morgan fingerprint density at radius 3 is 3.12 bits per heavy atom. The number of aromatic nitrogens is 1. The number of oxime groups is 1. The van der Waals surface area contributed by atoms with Crippen molar-refractivity contribution < 1.29 is 14.4 Å². The summed E-state index contributed by atoms with van der Waals surface area (Å²) in [5.41, 5.74) is 0.516. The van der Waals surface area contributed by atoms with Crippen LogP contribution in [0.3, 0.4) is 0 Å². The van der Waals surface area contributed by atoms with Crippen molar-refractivity contribution in [2.45, 2.75) is 19.8 Å². The van der Waals surface area contributed by atoms with Gasteiger partial charge in [0, 0.05) is 5.38 Å². The number of aldehydes is 1. The van der Waals surface area contributed by atoms with Crippen LogP contribution in [0, 0.1) is 0 Å². The highest BCUT2D eigenvalue weighted by Crippen LogP contribution is 2.14. The van der Waals surface area contributed by atoms with Crippen molar-refractivity contribution in [2.24, 2.45) is 5.16 Å². The topological polar surface area (TPSA) is 80.6 Å². The average Bonchev–Trinajstić information content (AvgIpc) is 2.78. The molecule has 1 aromatic heterocycles. The second-order valence-electron chi connectivity index (χ2n) is 3.08. The molecule has 0 saturated carbocycles. The molecular weight excluding hydrogens is 242 g/mol. The van der Waals surface area contributed by atoms with Crippen LogP contribution in [0.15, 0.2) is 10.5 Å². The van der Waals surface area contributed by atoms with E-state index in [0.29, 0.717) is 30.1 Å². The second kappa shape index (κ2) is 7.50. The van der Waals surface area contributed by atoms with E-state index < -0.39 is 0 Å². The summed E-state index contributed by atoms with van der Waals surface area (Å²) < 4.78 is 0. The summed E-state index contributed by atoms with van der Waals surface area (Å²) in [6, 6.07) is 0. The lowest BCUT2D eigenvalue weighted by Crippen LogP contribution is -2.05. The molecule has 0 aliphatic carbocycles. The van der Waals surface area contributed by atoms with Gasteiger partial charge in [0.15, 0.2) is 17.1 Å². The van der Waals surface area contributed by atoms with Crippen LogP contribution in [0.1, 0.15) is 25.5 Å². The van der Waals surface area contributed by atoms with Crippen LogP contribution in [0.2, 0.25) is 0 Å². The minimum atomic E-state index is 0.122. The monoisotopic (exact) mass is 255 g/mol. The van der Waals surface area contributed by atoms with E-state index in [-0.39, 0.29) is 5.71 Å². The summed E-state index contributed by atoms with van der Waals surface area (Å²) in [7, 11) is 0. The van der Waals surface area contributed by atoms with Crippen molar-refractivity contribution in [3.63, 3.8) is 0 Å². The Balaban J connectivity index is 2.64. The molecule has 1 N–H and O–H groups in total. The Kier molecular flexibility index (Phi) is 5.87.